The quantitative estimate of drug-likeness (QED) is 0.401. The normalized spacial score (nSPS) is 11.5. The summed E-state index contributed by atoms with van der Waals surface area (Å²) in [5.74, 6) is 0.677. The molecule has 0 spiro atoms. The van der Waals surface area contributed by atoms with Gasteiger partial charge in [-0.2, -0.15) is 18.0 Å². The van der Waals surface area contributed by atoms with Crippen molar-refractivity contribution in [2.45, 2.75) is 11.7 Å². The molecule has 0 saturated heterocycles. The predicted molar refractivity (Wildman–Crippen MR) is 109 cm³/mol. The third-order valence-electron chi connectivity index (χ3n) is 4.30. The molecule has 0 aliphatic carbocycles. The molecule has 2 N–H and O–H groups in total. The van der Waals surface area contributed by atoms with Crippen molar-refractivity contribution in [3.8, 4) is 11.3 Å². The van der Waals surface area contributed by atoms with E-state index in [4.69, 9.17) is 9.54 Å². The number of aromatic nitrogens is 3. The fraction of sp³-hybridized carbons (Fsp3) is 0.0526. The van der Waals surface area contributed by atoms with Crippen LogP contribution in [0, 0.1) is 0 Å². The van der Waals surface area contributed by atoms with Gasteiger partial charge in [-0.1, -0.05) is 37.2 Å². The van der Waals surface area contributed by atoms with Gasteiger partial charge in [0, 0.05) is 23.5 Å². The summed E-state index contributed by atoms with van der Waals surface area (Å²) in [5, 5.41) is 7.65. The monoisotopic (exact) mass is 391 g/mol. The number of rotatable bonds is 5. The van der Waals surface area contributed by atoms with Gasteiger partial charge in [-0.25, -0.2) is 4.98 Å². The van der Waals surface area contributed by atoms with Crippen molar-refractivity contribution >= 4 is 40.0 Å². The van der Waals surface area contributed by atoms with Gasteiger partial charge in [0.05, 0.1) is 10.6 Å². The first-order valence-electron chi connectivity index (χ1n) is 8.54. The van der Waals surface area contributed by atoms with Crippen LogP contribution in [0.4, 0.5) is 11.5 Å². The number of fused-ring (bicyclic) bond motifs is 1. The minimum absolute atomic E-state index is 0.162. The summed E-state index contributed by atoms with van der Waals surface area (Å²) >= 11 is 0. The first-order chi connectivity index (χ1) is 13.5. The maximum absolute atomic E-state index is 11.2. The fourth-order valence-electron chi connectivity index (χ4n) is 2.89. The molecule has 28 heavy (non-hydrogen) atoms. The second-order valence-electron chi connectivity index (χ2n) is 6.14. The maximum atomic E-state index is 11.2. The molecule has 0 unspecified atom stereocenters. The third kappa shape index (κ3) is 3.49. The number of benzene rings is 2. The highest BCUT2D eigenvalue weighted by molar-refractivity contribution is 7.85. The second-order valence-corrected chi connectivity index (χ2v) is 7.56. The Bertz CT molecular complexity index is 1240. The van der Waals surface area contributed by atoms with Crippen molar-refractivity contribution < 1.29 is 13.0 Å². The van der Waals surface area contributed by atoms with E-state index in [1.807, 2.05) is 50.5 Å². The molecule has 1 radical (unpaired) electrons. The Morgan fingerprint density at radius 2 is 1.79 bits per heavy atom. The molecular formula is C19H16BN4O3S. The van der Waals surface area contributed by atoms with Gasteiger partial charge in [0.2, 0.25) is 0 Å². The molecule has 2 aromatic carbocycles. The average molecular weight is 391 g/mol. The smallest absolute Gasteiger partial charge is 0.294 e. The highest BCUT2D eigenvalue weighted by atomic mass is 32.2. The van der Waals surface area contributed by atoms with Crippen LogP contribution in [-0.4, -0.2) is 34.8 Å². The van der Waals surface area contributed by atoms with Crippen molar-refractivity contribution in [1.29, 1.82) is 0 Å². The molecule has 4 rings (SSSR count). The van der Waals surface area contributed by atoms with Crippen molar-refractivity contribution in [2.75, 3.05) is 5.32 Å². The van der Waals surface area contributed by atoms with E-state index in [-0.39, 0.29) is 4.90 Å². The Morgan fingerprint density at radius 1 is 1.07 bits per heavy atom. The van der Waals surface area contributed by atoms with Crippen molar-refractivity contribution in [1.82, 2.24) is 14.6 Å². The lowest BCUT2D eigenvalue weighted by Gasteiger charge is -2.11. The summed E-state index contributed by atoms with van der Waals surface area (Å²) in [7, 11) is -2.29. The van der Waals surface area contributed by atoms with Gasteiger partial charge in [0.1, 0.15) is 5.82 Å². The van der Waals surface area contributed by atoms with Crippen LogP contribution in [0.5, 0.6) is 0 Å². The molecule has 4 aromatic rings. The van der Waals surface area contributed by atoms with Gasteiger partial charge in [-0.3, -0.25) is 4.55 Å². The summed E-state index contributed by atoms with van der Waals surface area (Å²) < 4.78 is 33.3. The molecule has 0 atom stereocenters. The lowest BCUT2D eigenvalue weighted by atomic mass is 9.75. The van der Waals surface area contributed by atoms with Crippen LogP contribution in [0.1, 0.15) is 0 Å². The van der Waals surface area contributed by atoms with Gasteiger partial charge >= 0.3 is 0 Å². The minimum Gasteiger partial charge on any atom is -0.340 e. The zero-order chi connectivity index (χ0) is 19.7. The van der Waals surface area contributed by atoms with Crippen LogP contribution < -0.4 is 10.8 Å². The van der Waals surface area contributed by atoms with E-state index in [9.17, 15) is 8.42 Å². The van der Waals surface area contributed by atoms with E-state index >= 15 is 0 Å². The second kappa shape index (κ2) is 7.10. The van der Waals surface area contributed by atoms with Crippen molar-refractivity contribution in [2.24, 2.45) is 0 Å². The largest absolute Gasteiger partial charge is 0.340 e. The summed E-state index contributed by atoms with van der Waals surface area (Å²) in [6, 6.07) is 17.5. The molecule has 139 valence electrons. The van der Waals surface area contributed by atoms with E-state index in [1.165, 1.54) is 12.1 Å². The van der Waals surface area contributed by atoms with Crippen LogP contribution in [0.2, 0.25) is 6.82 Å². The Kier molecular flexibility index (Phi) is 4.62. The van der Waals surface area contributed by atoms with Crippen LogP contribution in [0.25, 0.3) is 16.9 Å². The summed E-state index contributed by atoms with van der Waals surface area (Å²) in [4.78, 5) is 4.58. The molecule has 0 aliphatic rings. The lowest BCUT2D eigenvalue weighted by Crippen LogP contribution is -2.12. The molecule has 0 bridgehead atoms. The van der Waals surface area contributed by atoms with Gasteiger partial charge in [0.15, 0.2) is 12.9 Å². The highest BCUT2D eigenvalue weighted by Gasteiger charge is 2.13. The highest BCUT2D eigenvalue weighted by Crippen LogP contribution is 2.24. The van der Waals surface area contributed by atoms with Gasteiger partial charge in [-0.15, -0.1) is 0 Å². The summed E-state index contributed by atoms with van der Waals surface area (Å²) in [6.07, 6.45) is 1.74. The number of hydrogen-bond acceptors (Lipinski definition) is 5. The fourth-order valence-corrected chi connectivity index (χ4v) is 3.37. The SMILES string of the molecule is C[B]c1cnn2c(Nc3ccc(S(=O)(=O)O)cc3)cc(-c3ccccc3)nc12. The van der Waals surface area contributed by atoms with Gasteiger partial charge in [-0.05, 0) is 29.7 Å². The molecule has 0 saturated carbocycles. The number of nitrogens with one attached hydrogen (secondary N) is 1. The van der Waals surface area contributed by atoms with Crippen molar-refractivity contribution in [3.05, 3.63) is 66.9 Å². The minimum atomic E-state index is -4.23. The molecule has 7 nitrogen and oxygen atoms in total. The zero-order valence-electron chi connectivity index (χ0n) is 14.9. The van der Waals surface area contributed by atoms with E-state index < -0.39 is 10.1 Å². The maximum Gasteiger partial charge on any atom is 0.294 e. The van der Waals surface area contributed by atoms with E-state index in [0.717, 1.165) is 16.7 Å². The Balaban J connectivity index is 1.80. The first kappa shape index (κ1) is 18.2. The van der Waals surface area contributed by atoms with Crippen molar-refractivity contribution in [3.63, 3.8) is 0 Å². The van der Waals surface area contributed by atoms with Crippen LogP contribution in [0.15, 0.2) is 71.8 Å². The number of nitrogens with zero attached hydrogens (tertiary/aromatic N) is 3. The van der Waals surface area contributed by atoms with Crippen LogP contribution in [0.3, 0.4) is 0 Å². The molecule has 2 heterocycles. The van der Waals surface area contributed by atoms with E-state index in [1.54, 1.807) is 22.8 Å². The zero-order valence-corrected chi connectivity index (χ0v) is 15.8. The molecule has 2 aromatic heterocycles. The Hall–Kier alpha value is -3.17. The third-order valence-corrected chi connectivity index (χ3v) is 5.17. The van der Waals surface area contributed by atoms with Crippen LogP contribution in [-0.2, 0) is 10.1 Å². The molecule has 9 heteroatoms. The first-order valence-corrected chi connectivity index (χ1v) is 9.98. The number of anilines is 2. The standard InChI is InChI=1S/C19H16BN4O3S/c1-20-16-12-21-24-18(22-14-7-9-15(10-8-14)28(25,26)27)11-17(23-19(16)24)13-5-3-2-4-6-13/h2-12,22H,1H3,(H,25,26,27). The summed E-state index contributed by atoms with van der Waals surface area (Å²) in [6.45, 7) is 1.93. The Morgan fingerprint density at radius 3 is 2.43 bits per heavy atom. The predicted octanol–water partition coefficient (Wildman–Crippen LogP) is 2.76. The van der Waals surface area contributed by atoms with Gasteiger partial charge in [0.25, 0.3) is 10.1 Å². The molecular weight excluding hydrogens is 375 g/mol. The number of hydrogen-bond donors (Lipinski definition) is 2. The summed E-state index contributed by atoms with van der Waals surface area (Å²) in [5.41, 5.74) is 4.02. The lowest BCUT2D eigenvalue weighted by molar-refractivity contribution is 0.483. The molecule has 0 fully saturated rings. The molecule has 0 amide bonds. The topological polar surface area (TPSA) is 96.6 Å². The Labute approximate surface area is 163 Å². The van der Waals surface area contributed by atoms with E-state index in [0.29, 0.717) is 17.2 Å². The van der Waals surface area contributed by atoms with E-state index in [2.05, 4.69) is 10.4 Å². The van der Waals surface area contributed by atoms with Gasteiger partial charge < -0.3 is 5.32 Å². The molecule has 0 aliphatic heterocycles. The van der Waals surface area contributed by atoms with Crippen LogP contribution >= 0.6 is 0 Å². The average Bonchev–Trinajstić information content (AvgIpc) is 3.12.